The normalized spacial score (nSPS) is 10.3. The summed E-state index contributed by atoms with van der Waals surface area (Å²) in [5, 5.41) is 6.14. The van der Waals surface area contributed by atoms with Gasteiger partial charge in [-0.25, -0.2) is 0 Å². The molecule has 0 aliphatic heterocycles. The molecule has 3 aromatic rings. The van der Waals surface area contributed by atoms with Crippen molar-refractivity contribution >= 4 is 46.6 Å². The third-order valence-corrected chi connectivity index (χ3v) is 4.89. The first kappa shape index (κ1) is 19.0. The standard InChI is InChI=1S/C21H17ClN2O2S/c22-15-7-6-8-16(13-15)23-21(26)18-11-4-5-12-19(18)24-20(25)14-27-17-9-2-1-3-10-17/h1-13H,14H2,(H,23,26)(H,24,25). The summed E-state index contributed by atoms with van der Waals surface area (Å²) in [7, 11) is 0. The quantitative estimate of drug-likeness (QED) is 0.554. The van der Waals surface area contributed by atoms with Crippen LogP contribution < -0.4 is 10.6 Å². The molecule has 4 nitrogen and oxygen atoms in total. The Bertz CT molecular complexity index is 948. The topological polar surface area (TPSA) is 58.2 Å². The minimum Gasteiger partial charge on any atom is -0.325 e. The van der Waals surface area contributed by atoms with Gasteiger partial charge in [0, 0.05) is 15.6 Å². The SMILES string of the molecule is O=C(CSc1ccccc1)Nc1ccccc1C(=O)Nc1cccc(Cl)c1. The summed E-state index contributed by atoms with van der Waals surface area (Å²) in [5.74, 6) is -0.232. The van der Waals surface area contributed by atoms with Gasteiger partial charge >= 0.3 is 0 Å². The van der Waals surface area contributed by atoms with Crippen molar-refractivity contribution in [1.82, 2.24) is 0 Å². The highest BCUT2D eigenvalue weighted by molar-refractivity contribution is 8.00. The molecule has 0 aliphatic carbocycles. The van der Waals surface area contributed by atoms with Gasteiger partial charge in [0.15, 0.2) is 0 Å². The number of nitrogens with one attached hydrogen (secondary N) is 2. The molecule has 0 heterocycles. The van der Waals surface area contributed by atoms with Crippen molar-refractivity contribution in [3.63, 3.8) is 0 Å². The van der Waals surface area contributed by atoms with Gasteiger partial charge in [-0.1, -0.05) is 48.0 Å². The fourth-order valence-corrected chi connectivity index (χ4v) is 3.32. The molecule has 0 radical (unpaired) electrons. The van der Waals surface area contributed by atoms with Gasteiger partial charge in [-0.05, 0) is 42.5 Å². The highest BCUT2D eigenvalue weighted by atomic mass is 35.5. The zero-order valence-electron chi connectivity index (χ0n) is 14.3. The van der Waals surface area contributed by atoms with E-state index in [0.717, 1.165) is 4.90 Å². The third kappa shape index (κ3) is 5.61. The van der Waals surface area contributed by atoms with Crippen LogP contribution in [0.2, 0.25) is 5.02 Å². The Kier molecular flexibility index (Phi) is 6.52. The van der Waals surface area contributed by atoms with Crippen LogP contribution in [-0.4, -0.2) is 17.6 Å². The number of anilines is 2. The Hall–Kier alpha value is -2.76. The second-order valence-electron chi connectivity index (χ2n) is 5.66. The minimum absolute atomic E-state index is 0.174. The Morgan fingerprint density at radius 3 is 2.37 bits per heavy atom. The van der Waals surface area contributed by atoms with Gasteiger partial charge in [0.05, 0.1) is 17.0 Å². The Balaban J connectivity index is 1.66. The van der Waals surface area contributed by atoms with E-state index in [0.29, 0.717) is 22.0 Å². The van der Waals surface area contributed by atoms with Crippen LogP contribution in [0.3, 0.4) is 0 Å². The van der Waals surface area contributed by atoms with Crippen molar-refractivity contribution in [1.29, 1.82) is 0 Å². The van der Waals surface area contributed by atoms with Crippen molar-refractivity contribution in [2.24, 2.45) is 0 Å². The highest BCUT2D eigenvalue weighted by Crippen LogP contribution is 2.21. The number of hydrogen-bond acceptors (Lipinski definition) is 3. The van der Waals surface area contributed by atoms with Gasteiger partial charge in [0.1, 0.15) is 0 Å². The van der Waals surface area contributed by atoms with Gasteiger partial charge in [-0.3, -0.25) is 9.59 Å². The van der Waals surface area contributed by atoms with E-state index in [-0.39, 0.29) is 17.6 Å². The summed E-state index contributed by atoms with van der Waals surface area (Å²) in [6.07, 6.45) is 0. The largest absolute Gasteiger partial charge is 0.325 e. The van der Waals surface area contributed by atoms with E-state index in [4.69, 9.17) is 11.6 Å². The van der Waals surface area contributed by atoms with Crippen molar-refractivity contribution in [2.45, 2.75) is 4.90 Å². The van der Waals surface area contributed by atoms with Crippen LogP contribution in [0.15, 0.2) is 83.8 Å². The molecule has 136 valence electrons. The van der Waals surface area contributed by atoms with Gasteiger partial charge in [0.2, 0.25) is 5.91 Å². The molecule has 3 rings (SSSR count). The maximum Gasteiger partial charge on any atom is 0.257 e. The number of thioether (sulfide) groups is 1. The maximum atomic E-state index is 12.6. The summed E-state index contributed by atoms with van der Waals surface area (Å²) in [5.41, 5.74) is 1.44. The number of carbonyl (C=O) groups excluding carboxylic acids is 2. The van der Waals surface area contributed by atoms with Crippen LogP contribution in [0.1, 0.15) is 10.4 Å². The van der Waals surface area contributed by atoms with Crippen molar-refractivity contribution in [3.8, 4) is 0 Å². The van der Waals surface area contributed by atoms with E-state index in [1.54, 1.807) is 48.5 Å². The molecule has 0 saturated heterocycles. The van der Waals surface area contributed by atoms with Gasteiger partial charge in [0.25, 0.3) is 5.91 Å². The Morgan fingerprint density at radius 1 is 0.852 bits per heavy atom. The lowest BCUT2D eigenvalue weighted by Crippen LogP contribution is -2.19. The molecule has 0 bridgehead atoms. The molecule has 0 atom stereocenters. The molecule has 27 heavy (non-hydrogen) atoms. The molecule has 0 unspecified atom stereocenters. The summed E-state index contributed by atoms with van der Waals surface area (Å²) in [6, 6.07) is 23.5. The van der Waals surface area contributed by atoms with E-state index in [9.17, 15) is 9.59 Å². The van der Waals surface area contributed by atoms with Crippen LogP contribution in [0.25, 0.3) is 0 Å². The molecular weight excluding hydrogens is 380 g/mol. The van der Waals surface area contributed by atoms with Crippen molar-refractivity contribution in [3.05, 3.63) is 89.4 Å². The molecule has 0 aromatic heterocycles. The van der Waals surface area contributed by atoms with E-state index < -0.39 is 0 Å². The maximum absolute atomic E-state index is 12.6. The van der Waals surface area contributed by atoms with E-state index >= 15 is 0 Å². The predicted molar refractivity (Wildman–Crippen MR) is 112 cm³/mol. The second-order valence-corrected chi connectivity index (χ2v) is 7.15. The average molecular weight is 397 g/mol. The molecule has 0 aliphatic rings. The number of amides is 2. The number of halogens is 1. The highest BCUT2D eigenvalue weighted by Gasteiger charge is 2.13. The van der Waals surface area contributed by atoms with E-state index in [1.807, 2.05) is 30.3 Å². The fourth-order valence-electron chi connectivity index (χ4n) is 2.41. The zero-order valence-corrected chi connectivity index (χ0v) is 15.9. The first-order chi connectivity index (χ1) is 13.1. The molecule has 6 heteroatoms. The molecule has 3 aromatic carbocycles. The van der Waals surface area contributed by atoms with Crippen LogP contribution in [0, 0.1) is 0 Å². The van der Waals surface area contributed by atoms with Crippen LogP contribution >= 0.6 is 23.4 Å². The first-order valence-corrected chi connectivity index (χ1v) is 9.62. The molecule has 0 fully saturated rings. The Labute approximate surface area is 166 Å². The van der Waals surface area contributed by atoms with Crippen LogP contribution in [-0.2, 0) is 4.79 Å². The van der Waals surface area contributed by atoms with Crippen molar-refractivity contribution < 1.29 is 9.59 Å². The lowest BCUT2D eigenvalue weighted by atomic mass is 10.1. The summed E-state index contributed by atoms with van der Waals surface area (Å²) in [6.45, 7) is 0. The van der Waals surface area contributed by atoms with Crippen LogP contribution in [0.5, 0.6) is 0 Å². The molecule has 0 saturated carbocycles. The predicted octanol–water partition coefficient (Wildman–Crippen LogP) is 5.32. The Morgan fingerprint density at radius 2 is 1.59 bits per heavy atom. The van der Waals surface area contributed by atoms with Crippen molar-refractivity contribution in [2.75, 3.05) is 16.4 Å². The lowest BCUT2D eigenvalue weighted by Gasteiger charge is -2.11. The lowest BCUT2D eigenvalue weighted by molar-refractivity contribution is -0.113. The third-order valence-electron chi connectivity index (χ3n) is 3.64. The number of carbonyl (C=O) groups is 2. The molecule has 0 spiro atoms. The summed E-state index contributed by atoms with van der Waals surface area (Å²) in [4.78, 5) is 25.9. The minimum atomic E-state index is -0.316. The molecule has 2 N–H and O–H groups in total. The number of hydrogen-bond donors (Lipinski definition) is 2. The van der Waals surface area contributed by atoms with Gasteiger partial charge < -0.3 is 10.6 Å². The van der Waals surface area contributed by atoms with Gasteiger partial charge in [-0.15, -0.1) is 11.8 Å². The number of para-hydroxylation sites is 1. The number of rotatable bonds is 6. The monoisotopic (exact) mass is 396 g/mol. The molecular formula is C21H17ClN2O2S. The summed E-state index contributed by atoms with van der Waals surface area (Å²) >= 11 is 7.39. The van der Waals surface area contributed by atoms with E-state index in [1.165, 1.54) is 11.8 Å². The first-order valence-electron chi connectivity index (χ1n) is 8.25. The molecule has 2 amide bonds. The zero-order chi connectivity index (χ0) is 19.1. The second kappa shape index (κ2) is 9.26. The average Bonchev–Trinajstić information content (AvgIpc) is 2.67. The van der Waals surface area contributed by atoms with E-state index in [2.05, 4.69) is 10.6 Å². The van der Waals surface area contributed by atoms with Crippen LogP contribution in [0.4, 0.5) is 11.4 Å². The fraction of sp³-hybridized carbons (Fsp3) is 0.0476. The summed E-state index contributed by atoms with van der Waals surface area (Å²) < 4.78 is 0. The number of benzene rings is 3. The smallest absolute Gasteiger partial charge is 0.257 e. The van der Waals surface area contributed by atoms with Gasteiger partial charge in [-0.2, -0.15) is 0 Å².